The van der Waals surface area contributed by atoms with E-state index < -0.39 is 5.60 Å². The van der Waals surface area contributed by atoms with Gasteiger partial charge in [0.2, 0.25) is 0 Å². The molecule has 2 aliphatic rings. The second-order valence-corrected chi connectivity index (χ2v) is 8.97. The third-order valence-corrected chi connectivity index (χ3v) is 5.67. The SMILES string of the molecule is CC(C)(C)OC(=O)N1CCN([C@H]2CC[C@H](COc3ccncc3C#N)CC2)CC1. The van der Waals surface area contributed by atoms with Gasteiger partial charge in [-0.15, -0.1) is 0 Å². The highest BCUT2D eigenvalue weighted by atomic mass is 16.6. The van der Waals surface area contributed by atoms with Crippen LogP contribution in [0.15, 0.2) is 18.5 Å². The van der Waals surface area contributed by atoms with Gasteiger partial charge in [-0.2, -0.15) is 5.26 Å². The first kappa shape index (κ1) is 21.4. The predicted octanol–water partition coefficient (Wildman–Crippen LogP) is 3.44. The Hall–Kier alpha value is -2.33. The monoisotopic (exact) mass is 400 g/mol. The summed E-state index contributed by atoms with van der Waals surface area (Å²) in [6.45, 7) is 9.64. The molecule has 7 nitrogen and oxygen atoms in total. The number of nitrogens with zero attached hydrogens (tertiary/aromatic N) is 4. The number of ether oxygens (including phenoxy) is 2. The molecular weight excluding hydrogens is 368 g/mol. The van der Waals surface area contributed by atoms with E-state index in [1.54, 1.807) is 18.5 Å². The molecule has 1 amide bonds. The van der Waals surface area contributed by atoms with Gasteiger partial charge in [0.15, 0.2) is 0 Å². The fourth-order valence-electron chi connectivity index (χ4n) is 4.07. The number of hydrogen-bond donors (Lipinski definition) is 0. The molecule has 158 valence electrons. The Balaban J connectivity index is 1.39. The molecule has 29 heavy (non-hydrogen) atoms. The van der Waals surface area contributed by atoms with Gasteiger partial charge in [0, 0.05) is 44.6 Å². The molecule has 1 saturated carbocycles. The quantitative estimate of drug-likeness (QED) is 0.770. The van der Waals surface area contributed by atoms with Crippen LogP contribution in [0.5, 0.6) is 5.75 Å². The Labute approximate surface area is 173 Å². The highest BCUT2D eigenvalue weighted by Gasteiger charge is 2.31. The average molecular weight is 401 g/mol. The van der Waals surface area contributed by atoms with E-state index in [4.69, 9.17) is 14.7 Å². The Morgan fingerprint density at radius 1 is 1.21 bits per heavy atom. The van der Waals surface area contributed by atoms with Crippen molar-refractivity contribution in [3.63, 3.8) is 0 Å². The number of pyridine rings is 1. The van der Waals surface area contributed by atoms with Crippen LogP contribution in [0.25, 0.3) is 0 Å². The van der Waals surface area contributed by atoms with Gasteiger partial charge in [-0.1, -0.05) is 0 Å². The van der Waals surface area contributed by atoms with Gasteiger partial charge in [-0.3, -0.25) is 9.88 Å². The first-order valence-electron chi connectivity index (χ1n) is 10.5. The van der Waals surface area contributed by atoms with Crippen molar-refractivity contribution in [1.29, 1.82) is 5.26 Å². The van der Waals surface area contributed by atoms with E-state index in [9.17, 15) is 4.79 Å². The van der Waals surface area contributed by atoms with Crippen molar-refractivity contribution in [1.82, 2.24) is 14.8 Å². The van der Waals surface area contributed by atoms with Gasteiger partial charge >= 0.3 is 6.09 Å². The van der Waals surface area contributed by atoms with Gasteiger partial charge in [0.1, 0.15) is 23.0 Å². The van der Waals surface area contributed by atoms with E-state index in [-0.39, 0.29) is 6.09 Å². The molecule has 7 heteroatoms. The number of hydrogen-bond acceptors (Lipinski definition) is 6. The number of aromatic nitrogens is 1. The number of rotatable bonds is 4. The number of amides is 1. The molecule has 0 spiro atoms. The lowest BCUT2D eigenvalue weighted by Crippen LogP contribution is -2.53. The smallest absolute Gasteiger partial charge is 0.410 e. The number of carbonyl (C=O) groups excluding carboxylic acids is 1. The largest absolute Gasteiger partial charge is 0.492 e. The van der Waals surface area contributed by atoms with E-state index in [2.05, 4.69) is 16.0 Å². The van der Waals surface area contributed by atoms with Crippen molar-refractivity contribution in [3.8, 4) is 11.8 Å². The fourth-order valence-corrected chi connectivity index (χ4v) is 4.07. The number of nitriles is 1. The maximum Gasteiger partial charge on any atom is 0.410 e. The molecule has 0 N–H and O–H groups in total. The molecule has 2 fully saturated rings. The van der Waals surface area contributed by atoms with Crippen LogP contribution in [0.3, 0.4) is 0 Å². The topological polar surface area (TPSA) is 78.7 Å². The molecule has 0 radical (unpaired) electrons. The van der Waals surface area contributed by atoms with Crippen molar-refractivity contribution in [2.45, 2.75) is 58.1 Å². The Bertz CT molecular complexity index is 724. The highest BCUT2D eigenvalue weighted by Crippen LogP contribution is 2.29. The average Bonchev–Trinajstić information content (AvgIpc) is 2.72. The molecular formula is C22H32N4O3. The lowest BCUT2D eigenvalue weighted by Gasteiger charge is -2.42. The van der Waals surface area contributed by atoms with Crippen molar-refractivity contribution < 1.29 is 14.3 Å². The molecule has 2 heterocycles. The third-order valence-electron chi connectivity index (χ3n) is 5.67. The van der Waals surface area contributed by atoms with E-state index >= 15 is 0 Å². The van der Waals surface area contributed by atoms with Gasteiger partial charge in [0.25, 0.3) is 0 Å². The second kappa shape index (κ2) is 9.45. The Morgan fingerprint density at radius 3 is 2.52 bits per heavy atom. The minimum atomic E-state index is -0.445. The van der Waals surface area contributed by atoms with Crippen LogP contribution in [-0.2, 0) is 4.74 Å². The summed E-state index contributed by atoms with van der Waals surface area (Å²) in [4.78, 5) is 20.5. The van der Waals surface area contributed by atoms with Gasteiger partial charge in [0.05, 0.1) is 6.61 Å². The minimum absolute atomic E-state index is 0.203. The predicted molar refractivity (Wildman–Crippen MR) is 110 cm³/mol. The van der Waals surface area contributed by atoms with Crippen LogP contribution >= 0.6 is 0 Å². The van der Waals surface area contributed by atoms with Crippen LogP contribution < -0.4 is 4.74 Å². The normalized spacial score (nSPS) is 23.3. The zero-order valence-electron chi connectivity index (χ0n) is 17.8. The van der Waals surface area contributed by atoms with Crippen molar-refractivity contribution in [2.24, 2.45) is 5.92 Å². The molecule has 0 atom stereocenters. The molecule has 1 saturated heterocycles. The zero-order chi connectivity index (χ0) is 20.9. The maximum absolute atomic E-state index is 12.2. The Kier molecular flexibility index (Phi) is 6.96. The molecule has 1 aromatic heterocycles. The van der Waals surface area contributed by atoms with Crippen molar-refractivity contribution in [3.05, 3.63) is 24.0 Å². The maximum atomic E-state index is 12.2. The molecule has 3 rings (SSSR count). The highest BCUT2D eigenvalue weighted by molar-refractivity contribution is 5.68. The summed E-state index contributed by atoms with van der Waals surface area (Å²) in [5.74, 6) is 1.15. The van der Waals surface area contributed by atoms with Crippen LogP contribution in [0.4, 0.5) is 4.79 Å². The molecule has 0 unspecified atom stereocenters. The second-order valence-electron chi connectivity index (χ2n) is 8.97. The summed E-state index contributed by atoms with van der Waals surface area (Å²) < 4.78 is 11.4. The van der Waals surface area contributed by atoms with Crippen molar-refractivity contribution >= 4 is 6.09 Å². The van der Waals surface area contributed by atoms with Crippen LogP contribution in [0.1, 0.15) is 52.0 Å². The third kappa shape index (κ3) is 6.07. The summed E-state index contributed by atoms with van der Waals surface area (Å²) in [6.07, 6.45) is 7.57. The van der Waals surface area contributed by atoms with Gasteiger partial charge < -0.3 is 14.4 Å². The Morgan fingerprint density at radius 2 is 1.90 bits per heavy atom. The van der Waals surface area contributed by atoms with E-state index in [1.165, 1.54) is 0 Å². The molecule has 1 aromatic rings. The van der Waals surface area contributed by atoms with Crippen LogP contribution in [0.2, 0.25) is 0 Å². The number of piperazine rings is 1. The van der Waals surface area contributed by atoms with E-state index in [0.29, 0.717) is 29.9 Å². The van der Waals surface area contributed by atoms with Crippen LogP contribution in [-0.4, -0.2) is 65.3 Å². The molecule has 0 aromatic carbocycles. The van der Waals surface area contributed by atoms with Crippen LogP contribution in [0, 0.1) is 17.2 Å². The van der Waals surface area contributed by atoms with Gasteiger partial charge in [-0.25, -0.2) is 4.79 Å². The lowest BCUT2D eigenvalue weighted by molar-refractivity contribution is 0.00653. The van der Waals surface area contributed by atoms with E-state index in [1.807, 2.05) is 25.7 Å². The lowest BCUT2D eigenvalue weighted by atomic mass is 9.85. The molecule has 0 bridgehead atoms. The summed E-state index contributed by atoms with van der Waals surface area (Å²) in [5, 5.41) is 9.13. The molecule has 1 aliphatic heterocycles. The van der Waals surface area contributed by atoms with Gasteiger partial charge in [-0.05, 0) is 58.4 Å². The number of carbonyl (C=O) groups is 1. The zero-order valence-corrected chi connectivity index (χ0v) is 17.8. The standard InChI is InChI=1S/C22H32N4O3/c1-22(2,3)29-21(27)26-12-10-25(11-13-26)19-6-4-17(5-7-19)16-28-20-8-9-24-15-18(20)14-23/h8-9,15,17,19H,4-7,10-13,16H2,1-3H3/t17-,19-. The molecule has 1 aliphatic carbocycles. The van der Waals surface area contributed by atoms with Crippen molar-refractivity contribution in [2.75, 3.05) is 32.8 Å². The first-order valence-corrected chi connectivity index (χ1v) is 10.5. The van der Waals surface area contributed by atoms with E-state index in [0.717, 1.165) is 51.9 Å². The summed E-state index contributed by atoms with van der Waals surface area (Å²) in [5.41, 5.74) is 0.0444. The summed E-state index contributed by atoms with van der Waals surface area (Å²) in [6, 6.07) is 4.47. The minimum Gasteiger partial charge on any atom is -0.492 e. The fraction of sp³-hybridized carbons (Fsp3) is 0.682. The first-order chi connectivity index (χ1) is 13.9. The summed E-state index contributed by atoms with van der Waals surface area (Å²) >= 11 is 0. The summed E-state index contributed by atoms with van der Waals surface area (Å²) in [7, 11) is 0.